The van der Waals surface area contributed by atoms with E-state index in [0.717, 1.165) is 71.8 Å². The highest BCUT2D eigenvalue weighted by Gasteiger charge is 2.38. The fourth-order valence-corrected chi connectivity index (χ4v) is 9.03. The molecule has 1 aliphatic rings. The molecule has 1 N–H and O–H groups in total. The van der Waals surface area contributed by atoms with E-state index in [1.807, 2.05) is 106 Å². The second kappa shape index (κ2) is 14.7. The van der Waals surface area contributed by atoms with Crippen molar-refractivity contribution in [2.45, 2.75) is 67.0 Å². The van der Waals surface area contributed by atoms with Gasteiger partial charge in [0.05, 0.1) is 46.3 Å². The normalized spacial score (nSPS) is 14.2. The second-order valence-electron chi connectivity index (χ2n) is 15.2. The largest absolute Gasteiger partial charge is 0.494 e. The molecule has 4 aromatic heterocycles. The number of halogens is 2. The summed E-state index contributed by atoms with van der Waals surface area (Å²) in [6.45, 7) is 13.0. The second-order valence-corrected chi connectivity index (χ2v) is 16.0. The molecule has 0 unspecified atom stereocenters. The van der Waals surface area contributed by atoms with Gasteiger partial charge in [-0.1, -0.05) is 35.3 Å². The van der Waals surface area contributed by atoms with E-state index >= 15 is 4.79 Å². The van der Waals surface area contributed by atoms with Gasteiger partial charge in [-0.2, -0.15) is 5.10 Å². The molecule has 0 fully saturated rings. The van der Waals surface area contributed by atoms with Crippen molar-refractivity contribution in [2.24, 2.45) is 7.05 Å². The number of carboxylic acids is 1. The fourth-order valence-electron chi connectivity index (χ4n) is 8.67. The molecule has 12 heteroatoms. The van der Waals surface area contributed by atoms with Crippen LogP contribution >= 0.6 is 23.2 Å². The fraction of sp³-hybridized carbons (Fsp3) is 0.289. The highest BCUT2D eigenvalue weighted by molar-refractivity contribution is 6.35. The quantitative estimate of drug-likeness (QED) is 0.138. The molecule has 0 saturated carbocycles. The Balaban J connectivity index is 1.30. The van der Waals surface area contributed by atoms with Crippen molar-refractivity contribution in [1.29, 1.82) is 0 Å². The van der Waals surface area contributed by atoms with Crippen molar-refractivity contribution in [2.75, 3.05) is 18.1 Å². The van der Waals surface area contributed by atoms with Crippen molar-refractivity contribution in [1.82, 2.24) is 23.9 Å². The number of rotatable bonds is 10. The van der Waals surface area contributed by atoms with Gasteiger partial charge in [0, 0.05) is 58.4 Å². The number of hydrogen-bond acceptors (Lipinski definition) is 5. The van der Waals surface area contributed by atoms with Gasteiger partial charge < -0.3 is 23.9 Å². The minimum absolute atomic E-state index is 0.127. The van der Waals surface area contributed by atoms with Crippen LogP contribution in [0.15, 0.2) is 66.9 Å². The number of hydrogen-bond donors (Lipinski definition) is 1. The Kier molecular flexibility index (Phi) is 9.90. The molecule has 0 aliphatic carbocycles. The number of fused-ring (bicyclic) bond motifs is 4. The summed E-state index contributed by atoms with van der Waals surface area (Å²) in [6.07, 6.45) is 2.90. The van der Waals surface area contributed by atoms with Gasteiger partial charge in [-0.25, -0.2) is 4.79 Å². The minimum atomic E-state index is -1.05. The van der Waals surface area contributed by atoms with Gasteiger partial charge in [-0.3, -0.25) is 14.5 Å². The van der Waals surface area contributed by atoms with Crippen LogP contribution in [0.4, 0.5) is 5.69 Å². The van der Waals surface area contributed by atoms with E-state index < -0.39 is 5.97 Å². The smallest absolute Gasteiger partial charge is 0.352 e. The number of anilines is 1. The lowest BCUT2D eigenvalue weighted by Crippen LogP contribution is -2.43. The summed E-state index contributed by atoms with van der Waals surface area (Å²) < 4.78 is 12.1. The molecule has 1 aliphatic heterocycles. The average molecular weight is 804 g/mol. The molecule has 1 amide bonds. The number of carbonyl (C=O) groups is 2. The minimum Gasteiger partial charge on any atom is -0.494 e. The maximum atomic E-state index is 15.4. The summed E-state index contributed by atoms with van der Waals surface area (Å²) in [5, 5.41) is 18.1. The number of carboxylic acid groups (broad SMARTS) is 1. The van der Waals surface area contributed by atoms with Gasteiger partial charge in [-0.05, 0) is 125 Å². The summed E-state index contributed by atoms with van der Waals surface area (Å²) >= 11 is 13.6. The Bertz CT molecular complexity index is 2740. The average Bonchev–Trinajstić information content (AvgIpc) is 3.79. The summed E-state index contributed by atoms with van der Waals surface area (Å²) in [7, 11) is 1.93. The molecular formula is C45H44Cl2N6O4. The first-order valence-electron chi connectivity index (χ1n) is 19.1. The number of aryl methyl sites for hydroxylation is 6. The molecule has 0 radical (unpaired) electrons. The van der Waals surface area contributed by atoms with E-state index in [4.69, 9.17) is 33.0 Å². The molecule has 0 saturated heterocycles. The molecule has 10 nitrogen and oxygen atoms in total. The lowest BCUT2D eigenvalue weighted by molar-refractivity contribution is 0.0686. The van der Waals surface area contributed by atoms with Gasteiger partial charge >= 0.3 is 5.97 Å². The van der Waals surface area contributed by atoms with Gasteiger partial charge in [0.15, 0.2) is 0 Å². The van der Waals surface area contributed by atoms with Crippen molar-refractivity contribution in [3.8, 4) is 16.9 Å². The maximum absolute atomic E-state index is 15.4. The van der Waals surface area contributed by atoms with Crippen molar-refractivity contribution in [3.05, 3.63) is 128 Å². The van der Waals surface area contributed by atoms with E-state index in [9.17, 15) is 9.90 Å². The number of pyridine rings is 1. The number of amides is 1. The zero-order chi connectivity index (χ0) is 40.4. The van der Waals surface area contributed by atoms with Crippen molar-refractivity contribution < 1.29 is 19.4 Å². The molecular weight excluding hydrogens is 759 g/mol. The summed E-state index contributed by atoms with van der Waals surface area (Å²) in [4.78, 5) is 34.5. The molecule has 3 aromatic carbocycles. The van der Waals surface area contributed by atoms with Crippen molar-refractivity contribution in [3.63, 3.8) is 0 Å². The number of carbonyl (C=O) groups excluding carboxylic acids is 1. The molecule has 292 valence electrons. The van der Waals surface area contributed by atoms with Gasteiger partial charge in [0.1, 0.15) is 17.1 Å². The molecule has 0 bridgehead atoms. The van der Waals surface area contributed by atoms with Crippen molar-refractivity contribution >= 4 is 62.6 Å². The third-order valence-electron chi connectivity index (χ3n) is 11.2. The SMILES string of the molecule is Cc1cc(N2C[C@@H](C)n3c(c(CCCOc4cc(C)c(Cl)c(C)c4)c4ccc(Cl)c(-c5c(C)nn(C)c5C)c43)C2=O)c2c(c1)cc(C(=O)O)n2Cc1ccccn1. The highest BCUT2D eigenvalue weighted by atomic mass is 35.5. The molecule has 0 spiro atoms. The zero-order valence-electron chi connectivity index (χ0n) is 33.1. The topological polar surface area (TPSA) is 107 Å². The summed E-state index contributed by atoms with van der Waals surface area (Å²) in [6, 6.07) is 18.9. The van der Waals surface area contributed by atoms with Gasteiger partial charge in [-0.15, -0.1) is 0 Å². The molecule has 7 aromatic rings. The molecule has 5 heterocycles. The van der Waals surface area contributed by atoms with Crippen LogP contribution in [0.2, 0.25) is 10.0 Å². The van der Waals surface area contributed by atoms with E-state index in [1.165, 1.54) is 0 Å². The Hall–Kier alpha value is -5.58. The number of nitrogens with zero attached hydrogens (tertiary/aromatic N) is 6. The predicted molar refractivity (Wildman–Crippen MR) is 227 cm³/mol. The Morgan fingerprint density at radius 3 is 2.39 bits per heavy atom. The number of benzene rings is 3. The number of aromatic carboxylic acids is 1. The Labute approximate surface area is 341 Å². The number of ether oxygens (including phenoxy) is 1. The lowest BCUT2D eigenvalue weighted by atomic mass is 9.98. The molecule has 8 rings (SSSR count). The van der Waals surface area contributed by atoms with Crippen LogP contribution in [0.1, 0.15) is 79.7 Å². The van der Waals surface area contributed by atoms with Crippen LogP contribution in [-0.4, -0.2) is 54.0 Å². The summed E-state index contributed by atoms with van der Waals surface area (Å²) in [5.74, 6) is -0.466. The first kappa shape index (κ1) is 38.3. The number of aromatic nitrogens is 5. The zero-order valence-corrected chi connectivity index (χ0v) is 34.6. The first-order valence-corrected chi connectivity index (χ1v) is 19.8. The Morgan fingerprint density at radius 2 is 1.72 bits per heavy atom. The van der Waals surface area contributed by atoms with Crippen LogP contribution in [0.5, 0.6) is 5.75 Å². The van der Waals surface area contributed by atoms with Gasteiger partial charge in [0.25, 0.3) is 5.91 Å². The highest BCUT2D eigenvalue weighted by Crippen LogP contribution is 2.46. The van der Waals surface area contributed by atoms with Crippen LogP contribution in [0.3, 0.4) is 0 Å². The van der Waals surface area contributed by atoms with E-state index in [2.05, 4.69) is 16.5 Å². The predicted octanol–water partition coefficient (Wildman–Crippen LogP) is 10.2. The van der Waals surface area contributed by atoms with Crippen LogP contribution < -0.4 is 9.64 Å². The molecule has 57 heavy (non-hydrogen) atoms. The summed E-state index contributed by atoms with van der Waals surface area (Å²) in [5.41, 5.74) is 11.0. The van der Waals surface area contributed by atoms with E-state index in [0.29, 0.717) is 53.6 Å². The van der Waals surface area contributed by atoms with E-state index in [-0.39, 0.29) is 24.2 Å². The first-order chi connectivity index (χ1) is 27.2. The van der Waals surface area contributed by atoms with Gasteiger partial charge in [0.2, 0.25) is 0 Å². The lowest BCUT2D eigenvalue weighted by Gasteiger charge is -2.35. The van der Waals surface area contributed by atoms with Crippen LogP contribution in [0, 0.1) is 34.6 Å². The van der Waals surface area contributed by atoms with E-state index in [1.54, 1.807) is 16.8 Å². The monoisotopic (exact) mass is 802 g/mol. The maximum Gasteiger partial charge on any atom is 0.352 e. The third-order valence-corrected chi connectivity index (χ3v) is 12.1. The van der Waals surface area contributed by atoms with Crippen LogP contribution in [-0.2, 0) is 20.0 Å². The Morgan fingerprint density at radius 1 is 0.965 bits per heavy atom. The molecule has 1 atom stereocenters. The third kappa shape index (κ3) is 6.54. The van der Waals surface area contributed by atoms with Crippen LogP contribution in [0.25, 0.3) is 32.9 Å². The standard InChI is InChI=1S/C45H44Cl2N6O4/c1-24-17-30-21-37(45(55)56)51(23-31-11-8-9-15-48-31)41(30)36(18-24)52-22-27(4)53-42-34(13-14-35(46)39(42)38-28(5)49-50(7)29(38)6)33(43(53)44(52)54)12-10-16-57-32-19-25(2)40(47)26(3)20-32/h8-9,11,13-15,17-21,27H,10,12,16,22-23H2,1-7H3,(H,55,56)/t27-/m1/s1.